The van der Waals surface area contributed by atoms with Crippen LogP contribution in [0.1, 0.15) is 31.2 Å². The molecule has 0 spiro atoms. The second kappa shape index (κ2) is 5.52. The summed E-state index contributed by atoms with van der Waals surface area (Å²) in [5.74, 6) is 0.741. The molecule has 2 rings (SSSR count). The molecule has 1 aliphatic rings. The predicted molar refractivity (Wildman–Crippen MR) is 66.6 cm³/mol. The average molecular weight is 234 g/mol. The first kappa shape index (κ1) is 11.7. The third-order valence-corrected chi connectivity index (χ3v) is 2.86. The lowest BCUT2D eigenvalue weighted by molar-refractivity contribution is 0.199. The number of hydrogen-bond acceptors (Lipinski definition) is 3. The van der Waals surface area contributed by atoms with Gasteiger partial charge in [0.05, 0.1) is 6.54 Å². The van der Waals surface area contributed by atoms with E-state index in [1.807, 2.05) is 12.1 Å². The Morgan fingerprint density at radius 2 is 2.18 bits per heavy atom. The molecule has 0 atom stereocenters. The van der Waals surface area contributed by atoms with E-state index in [4.69, 9.17) is 16.2 Å². The summed E-state index contributed by atoms with van der Waals surface area (Å²) in [6.45, 7) is 0.415. The first-order valence-corrected chi connectivity index (χ1v) is 5.91. The highest BCUT2D eigenvalue weighted by molar-refractivity contribution is 5.75. The molecule has 1 aliphatic carbocycles. The molecule has 0 amide bonds. The zero-order valence-corrected chi connectivity index (χ0v) is 9.80. The van der Waals surface area contributed by atoms with Crippen molar-refractivity contribution in [2.75, 3.05) is 0 Å². The molecule has 4 N–H and O–H groups in total. The van der Waals surface area contributed by atoms with Gasteiger partial charge in [-0.25, -0.2) is 9.98 Å². The highest BCUT2D eigenvalue weighted by Crippen LogP contribution is 2.25. The van der Waals surface area contributed by atoms with E-state index in [1.54, 1.807) is 6.20 Å². The van der Waals surface area contributed by atoms with E-state index in [9.17, 15) is 0 Å². The van der Waals surface area contributed by atoms with Crippen LogP contribution in [-0.2, 0) is 6.54 Å². The van der Waals surface area contributed by atoms with Gasteiger partial charge in [-0.15, -0.1) is 0 Å². The maximum atomic E-state index is 5.88. The summed E-state index contributed by atoms with van der Waals surface area (Å²) >= 11 is 0. The van der Waals surface area contributed by atoms with E-state index in [0.717, 1.165) is 18.4 Å². The van der Waals surface area contributed by atoms with Gasteiger partial charge in [0.2, 0.25) is 5.88 Å². The minimum atomic E-state index is 0.0840. The summed E-state index contributed by atoms with van der Waals surface area (Å²) < 4.78 is 5.88. The van der Waals surface area contributed by atoms with Crippen molar-refractivity contribution in [3.63, 3.8) is 0 Å². The van der Waals surface area contributed by atoms with Crippen LogP contribution in [0, 0.1) is 0 Å². The van der Waals surface area contributed by atoms with Crippen LogP contribution in [0.25, 0.3) is 0 Å². The summed E-state index contributed by atoms with van der Waals surface area (Å²) in [5, 5.41) is 0. The van der Waals surface area contributed by atoms with E-state index < -0.39 is 0 Å². The van der Waals surface area contributed by atoms with Crippen LogP contribution < -0.4 is 16.2 Å². The SMILES string of the molecule is NC(N)=NCc1cccnc1OC1CCCC1. The molecule has 1 aromatic rings. The maximum Gasteiger partial charge on any atom is 0.218 e. The Labute approximate surface area is 101 Å². The molecule has 0 aromatic carbocycles. The first-order valence-electron chi connectivity index (χ1n) is 5.91. The minimum Gasteiger partial charge on any atom is -0.474 e. The zero-order chi connectivity index (χ0) is 12.1. The number of guanidine groups is 1. The van der Waals surface area contributed by atoms with Crippen molar-refractivity contribution >= 4 is 5.96 Å². The molecule has 0 aliphatic heterocycles. The van der Waals surface area contributed by atoms with Crippen LogP contribution in [0.5, 0.6) is 5.88 Å². The highest BCUT2D eigenvalue weighted by Gasteiger charge is 2.18. The van der Waals surface area contributed by atoms with E-state index in [0.29, 0.717) is 18.5 Å². The fourth-order valence-electron chi connectivity index (χ4n) is 1.99. The number of aliphatic imine (C=N–C) groups is 1. The van der Waals surface area contributed by atoms with Crippen molar-refractivity contribution in [3.8, 4) is 5.88 Å². The van der Waals surface area contributed by atoms with Gasteiger partial charge >= 0.3 is 0 Å². The van der Waals surface area contributed by atoms with Crippen molar-refractivity contribution in [2.45, 2.75) is 38.3 Å². The quantitative estimate of drug-likeness (QED) is 0.605. The first-order chi connectivity index (χ1) is 8.25. The third-order valence-electron chi connectivity index (χ3n) is 2.86. The highest BCUT2D eigenvalue weighted by atomic mass is 16.5. The largest absolute Gasteiger partial charge is 0.474 e. The minimum absolute atomic E-state index is 0.0840. The van der Waals surface area contributed by atoms with Crippen LogP contribution >= 0.6 is 0 Å². The second-order valence-electron chi connectivity index (χ2n) is 4.23. The van der Waals surface area contributed by atoms with Crippen molar-refractivity contribution < 1.29 is 4.74 Å². The second-order valence-corrected chi connectivity index (χ2v) is 4.23. The molecule has 1 heterocycles. The molecule has 5 heteroatoms. The Hall–Kier alpha value is -1.78. The van der Waals surface area contributed by atoms with Crippen LogP contribution in [0.15, 0.2) is 23.3 Å². The molecule has 0 radical (unpaired) electrons. The Morgan fingerprint density at radius 1 is 1.41 bits per heavy atom. The van der Waals surface area contributed by atoms with E-state index >= 15 is 0 Å². The molecular formula is C12H18N4O. The number of rotatable bonds is 4. The van der Waals surface area contributed by atoms with Gasteiger partial charge < -0.3 is 16.2 Å². The number of nitrogens with two attached hydrogens (primary N) is 2. The molecule has 5 nitrogen and oxygen atoms in total. The molecule has 1 saturated carbocycles. The fourth-order valence-corrected chi connectivity index (χ4v) is 1.99. The fraction of sp³-hybridized carbons (Fsp3) is 0.500. The molecule has 17 heavy (non-hydrogen) atoms. The van der Waals surface area contributed by atoms with Gasteiger partial charge in [0.15, 0.2) is 5.96 Å². The van der Waals surface area contributed by atoms with Crippen molar-refractivity contribution in [1.82, 2.24) is 4.98 Å². The third kappa shape index (κ3) is 3.34. The van der Waals surface area contributed by atoms with Gasteiger partial charge in [0.1, 0.15) is 6.10 Å². The zero-order valence-electron chi connectivity index (χ0n) is 9.80. The molecule has 1 aromatic heterocycles. The van der Waals surface area contributed by atoms with Gasteiger partial charge in [-0.3, -0.25) is 0 Å². The van der Waals surface area contributed by atoms with Gasteiger partial charge in [-0.2, -0.15) is 0 Å². The van der Waals surface area contributed by atoms with Crippen LogP contribution in [0.2, 0.25) is 0 Å². The molecule has 92 valence electrons. The van der Waals surface area contributed by atoms with E-state index in [-0.39, 0.29) is 5.96 Å². The van der Waals surface area contributed by atoms with Crippen LogP contribution in [0.3, 0.4) is 0 Å². The number of hydrogen-bond donors (Lipinski definition) is 2. The standard InChI is InChI=1S/C12H18N4O/c13-12(14)16-8-9-4-3-7-15-11(9)17-10-5-1-2-6-10/h3-4,7,10H,1-2,5-6,8H2,(H4,13,14,16). The van der Waals surface area contributed by atoms with Crippen molar-refractivity contribution in [2.24, 2.45) is 16.5 Å². The molecular weight excluding hydrogens is 216 g/mol. The summed E-state index contributed by atoms with van der Waals surface area (Å²) in [6.07, 6.45) is 6.71. The molecule has 0 unspecified atom stereocenters. The van der Waals surface area contributed by atoms with Gasteiger partial charge in [0.25, 0.3) is 0 Å². The van der Waals surface area contributed by atoms with Gasteiger partial charge in [-0.05, 0) is 31.7 Å². The molecule has 0 bridgehead atoms. The van der Waals surface area contributed by atoms with Crippen LogP contribution in [-0.4, -0.2) is 17.0 Å². The number of ether oxygens (including phenoxy) is 1. The average Bonchev–Trinajstić information content (AvgIpc) is 2.80. The number of nitrogens with zero attached hydrogens (tertiary/aromatic N) is 2. The molecule has 1 fully saturated rings. The molecule has 0 saturated heterocycles. The van der Waals surface area contributed by atoms with Crippen LogP contribution in [0.4, 0.5) is 0 Å². The van der Waals surface area contributed by atoms with Gasteiger partial charge in [-0.1, -0.05) is 6.07 Å². The van der Waals surface area contributed by atoms with Gasteiger partial charge in [0, 0.05) is 11.8 Å². The van der Waals surface area contributed by atoms with Crippen molar-refractivity contribution in [3.05, 3.63) is 23.9 Å². The number of pyridine rings is 1. The lowest BCUT2D eigenvalue weighted by Gasteiger charge is -2.14. The van der Waals surface area contributed by atoms with Crippen molar-refractivity contribution in [1.29, 1.82) is 0 Å². The maximum absolute atomic E-state index is 5.88. The lowest BCUT2D eigenvalue weighted by atomic mass is 10.2. The Balaban J connectivity index is 2.06. The number of aromatic nitrogens is 1. The Kier molecular flexibility index (Phi) is 3.80. The normalized spacial score (nSPS) is 15.8. The van der Waals surface area contributed by atoms with E-state index in [2.05, 4.69) is 9.98 Å². The Morgan fingerprint density at radius 3 is 2.88 bits per heavy atom. The summed E-state index contributed by atoms with van der Waals surface area (Å²) in [7, 11) is 0. The summed E-state index contributed by atoms with van der Waals surface area (Å²) in [4.78, 5) is 8.23. The monoisotopic (exact) mass is 234 g/mol. The van der Waals surface area contributed by atoms with E-state index in [1.165, 1.54) is 12.8 Å². The summed E-state index contributed by atoms with van der Waals surface area (Å²) in [5.41, 5.74) is 11.6. The predicted octanol–water partition coefficient (Wildman–Crippen LogP) is 1.18. The topological polar surface area (TPSA) is 86.5 Å². The smallest absolute Gasteiger partial charge is 0.218 e. The Bertz CT molecular complexity index is 395. The summed E-state index contributed by atoms with van der Waals surface area (Å²) in [6, 6.07) is 3.79. The lowest BCUT2D eigenvalue weighted by Crippen LogP contribution is -2.22.